The first-order chi connectivity index (χ1) is 14.4. The second kappa shape index (κ2) is 8.49. The summed E-state index contributed by atoms with van der Waals surface area (Å²) >= 11 is 1.38. The summed E-state index contributed by atoms with van der Waals surface area (Å²) in [4.78, 5) is 33.7. The number of hydrogen-bond acceptors (Lipinski definition) is 6. The summed E-state index contributed by atoms with van der Waals surface area (Å²) < 4.78 is 14.8. The molecule has 1 fully saturated rings. The van der Waals surface area contributed by atoms with Gasteiger partial charge in [-0.1, -0.05) is 0 Å². The number of halogens is 1. The molecule has 0 aliphatic carbocycles. The first-order valence-electron chi connectivity index (χ1n) is 9.74. The molecule has 1 aromatic carbocycles. The third-order valence-corrected chi connectivity index (χ3v) is 5.89. The van der Waals surface area contributed by atoms with Gasteiger partial charge >= 0.3 is 0 Å². The van der Waals surface area contributed by atoms with Gasteiger partial charge in [-0.2, -0.15) is 4.98 Å². The number of benzene rings is 1. The summed E-state index contributed by atoms with van der Waals surface area (Å²) in [5.41, 5.74) is 1.58. The molecular weight excluding hydrogens is 407 g/mol. The van der Waals surface area contributed by atoms with Crippen molar-refractivity contribution in [3.63, 3.8) is 0 Å². The quantitative estimate of drug-likeness (QED) is 0.622. The highest BCUT2D eigenvalue weighted by molar-refractivity contribution is 7.15. The van der Waals surface area contributed by atoms with Gasteiger partial charge in [0.15, 0.2) is 0 Å². The molecule has 1 saturated heterocycles. The third-order valence-electron chi connectivity index (χ3n) is 5.08. The number of likely N-dealkylation sites (tertiary alicyclic amines) is 1. The number of carbonyl (C=O) groups is 2. The van der Waals surface area contributed by atoms with Crippen molar-refractivity contribution in [2.75, 3.05) is 39.0 Å². The second-order valence-corrected chi connectivity index (χ2v) is 8.48. The minimum absolute atomic E-state index is 0.00582. The maximum Gasteiger partial charge on any atom is 0.250 e. The maximum absolute atomic E-state index is 13.2. The van der Waals surface area contributed by atoms with Gasteiger partial charge in [0.1, 0.15) is 5.82 Å². The molecule has 1 aliphatic rings. The van der Waals surface area contributed by atoms with E-state index in [0.717, 1.165) is 24.2 Å². The molecule has 1 aliphatic heterocycles. The number of amides is 2. The van der Waals surface area contributed by atoms with Crippen molar-refractivity contribution in [1.29, 1.82) is 0 Å². The lowest BCUT2D eigenvalue weighted by Gasteiger charge is -2.17. The van der Waals surface area contributed by atoms with Crippen LogP contribution in [0.25, 0.3) is 16.2 Å². The average Bonchev–Trinajstić information content (AvgIpc) is 3.37. The smallest absolute Gasteiger partial charge is 0.250 e. The number of carbonyl (C=O) groups excluding carboxylic acids is 2. The summed E-state index contributed by atoms with van der Waals surface area (Å²) in [6, 6.07) is 6.12. The van der Waals surface area contributed by atoms with Crippen LogP contribution in [0.5, 0.6) is 0 Å². The zero-order valence-electron chi connectivity index (χ0n) is 16.8. The van der Waals surface area contributed by atoms with Crippen LogP contribution in [0.3, 0.4) is 0 Å². The van der Waals surface area contributed by atoms with Crippen LogP contribution in [-0.4, -0.2) is 69.9 Å². The lowest BCUT2D eigenvalue weighted by molar-refractivity contribution is -0.128. The summed E-state index contributed by atoms with van der Waals surface area (Å²) in [5.74, 6) is -0.756. The van der Waals surface area contributed by atoms with Gasteiger partial charge in [-0.3, -0.25) is 14.9 Å². The van der Waals surface area contributed by atoms with Crippen LogP contribution in [0.4, 0.5) is 10.3 Å². The van der Waals surface area contributed by atoms with Gasteiger partial charge in [0, 0.05) is 30.5 Å². The topological polar surface area (TPSA) is 82.8 Å². The number of rotatable bonds is 7. The van der Waals surface area contributed by atoms with E-state index in [1.54, 1.807) is 21.5 Å². The molecule has 4 rings (SSSR count). The van der Waals surface area contributed by atoms with Crippen molar-refractivity contribution in [2.45, 2.75) is 12.8 Å². The van der Waals surface area contributed by atoms with Gasteiger partial charge in [0.2, 0.25) is 22.7 Å². The normalized spacial score (nSPS) is 16.7. The van der Waals surface area contributed by atoms with Gasteiger partial charge in [0.25, 0.3) is 0 Å². The number of fused-ring (bicyclic) bond motifs is 1. The molecule has 2 amide bonds. The molecular formula is C20H23FN6O2S. The van der Waals surface area contributed by atoms with Crippen molar-refractivity contribution in [3.05, 3.63) is 35.5 Å². The monoisotopic (exact) mass is 430 g/mol. The Kier molecular flexibility index (Phi) is 5.78. The Bertz CT molecular complexity index is 1060. The van der Waals surface area contributed by atoms with Crippen LogP contribution >= 0.6 is 11.3 Å². The van der Waals surface area contributed by atoms with E-state index in [1.807, 2.05) is 19.5 Å². The summed E-state index contributed by atoms with van der Waals surface area (Å²) in [7, 11) is 3.98. The van der Waals surface area contributed by atoms with Crippen LogP contribution in [0.2, 0.25) is 0 Å². The molecule has 10 heteroatoms. The van der Waals surface area contributed by atoms with E-state index in [0.29, 0.717) is 18.1 Å². The minimum atomic E-state index is -0.407. The van der Waals surface area contributed by atoms with Gasteiger partial charge in [-0.15, -0.1) is 16.4 Å². The predicted octanol–water partition coefficient (Wildman–Crippen LogP) is 2.34. The molecule has 1 N–H and O–H groups in total. The summed E-state index contributed by atoms with van der Waals surface area (Å²) in [6.07, 6.45) is 1.08. The number of aromatic nitrogens is 3. The molecule has 30 heavy (non-hydrogen) atoms. The minimum Gasteiger partial charge on any atom is -0.342 e. The number of nitrogens with zero attached hydrogens (tertiary/aromatic N) is 5. The van der Waals surface area contributed by atoms with E-state index in [9.17, 15) is 14.0 Å². The Hall–Kier alpha value is -2.85. The highest BCUT2D eigenvalue weighted by Crippen LogP contribution is 2.26. The largest absolute Gasteiger partial charge is 0.342 e. The Morgan fingerprint density at radius 2 is 2.10 bits per heavy atom. The van der Waals surface area contributed by atoms with Crippen LogP contribution in [0.1, 0.15) is 12.8 Å². The van der Waals surface area contributed by atoms with Crippen molar-refractivity contribution in [3.8, 4) is 11.3 Å². The molecule has 2 aromatic heterocycles. The van der Waals surface area contributed by atoms with Crippen LogP contribution in [0, 0.1) is 11.7 Å². The second-order valence-electron chi connectivity index (χ2n) is 7.64. The lowest BCUT2D eigenvalue weighted by Crippen LogP contribution is -2.30. The van der Waals surface area contributed by atoms with Crippen molar-refractivity contribution in [2.24, 2.45) is 5.92 Å². The number of nitrogens with one attached hydrogen (secondary N) is 1. The number of anilines is 1. The molecule has 3 aromatic rings. The van der Waals surface area contributed by atoms with E-state index < -0.39 is 5.92 Å². The molecule has 0 saturated carbocycles. The summed E-state index contributed by atoms with van der Waals surface area (Å²) in [6.45, 7) is 1.97. The molecule has 0 spiro atoms. The van der Waals surface area contributed by atoms with E-state index in [1.165, 1.54) is 23.5 Å². The fourth-order valence-corrected chi connectivity index (χ4v) is 4.34. The van der Waals surface area contributed by atoms with Crippen molar-refractivity contribution in [1.82, 2.24) is 24.4 Å². The SMILES string of the molecule is CN(C)CCCN1CC(C(=O)Nc2nc3scc(-c4ccc(F)cc4)n3n2)CC1=O. The third kappa shape index (κ3) is 4.34. The van der Waals surface area contributed by atoms with Crippen molar-refractivity contribution >= 4 is 34.1 Å². The van der Waals surface area contributed by atoms with E-state index in [4.69, 9.17) is 0 Å². The molecule has 158 valence electrons. The fraction of sp³-hybridized carbons (Fsp3) is 0.400. The predicted molar refractivity (Wildman–Crippen MR) is 113 cm³/mol. The zero-order valence-corrected chi connectivity index (χ0v) is 17.7. The van der Waals surface area contributed by atoms with Crippen LogP contribution < -0.4 is 5.32 Å². The molecule has 0 radical (unpaired) electrons. The van der Waals surface area contributed by atoms with E-state index in [2.05, 4.69) is 20.3 Å². The summed E-state index contributed by atoms with van der Waals surface area (Å²) in [5, 5.41) is 9.00. The highest BCUT2D eigenvalue weighted by atomic mass is 32.1. The molecule has 0 bridgehead atoms. The molecule has 3 heterocycles. The molecule has 1 atom stereocenters. The van der Waals surface area contributed by atoms with Gasteiger partial charge in [0.05, 0.1) is 11.6 Å². The lowest BCUT2D eigenvalue weighted by atomic mass is 10.1. The van der Waals surface area contributed by atoms with Crippen LogP contribution in [-0.2, 0) is 9.59 Å². The molecule has 8 nitrogen and oxygen atoms in total. The van der Waals surface area contributed by atoms with E-state index in [-0.39, 0.29) is 30.0 Å². The first kappa shape index (κ1) is 20.4. The van der Waals surface area contributed by atoms with Gasteiger partial charge < -0.3 is 9.80 Å². The Morgan fingerprint density at radius 1 is 1.33 bits per heavy atom. The van der Waals surface area contributed by atoms with Gasteiger partial charge in [-0.25, -0.2) is 8.91 Å². The van der Waals surface area contributed by atoms with Gasteiger partial charge in [-0.05, 0) is 51.3 Å². The highest BCUT2D eigenvalue weighted by Gasteiger charge is 2.34. The fourth-order valence-electron chi connectivity index (χ4n) is 3.51. The maximum atomic E-state index is 13.2. The Balaban J connectivity index is 1.41. The Labute approximate surface area is 177 Å². The average molecular weight is 431 g/mol. The first-order valence-corrected chi connectivity index (χ1v) is 10.6. The Morgan fingerprint density at radius 3 is 2.83 bits per heavy atom. The standard InChI is InChI=1S/C20H23FN6O2S/c1-25(2)8-3-9-26-11-14(10-17(26)28)18(29)22-19-23-20-27(24-19)16(12-30-20)13-4-6-15(21)7-5-13/h4-7,12,14H,3,8-11H2,1-2H3,(H,22,24,29). The number of hydrogen-bond donors (Lipinski definition) is 1. The zero-order chi connectivity index (χ0) is 21.3. The molecule has 1 unspecified atom stereocenters. The number of thiazole rings is 1. The van der Waals surface area contributed by atoms with Crippen molar-refractivity contribution < 1.29 is 14.0 Å². The van der Waals surface area contributed by atoms with Crippen LogP contribution in [0.15, 0.2) is 29.6 Å². The van der Waals surface area contributed by atoms with E-state index >= 15 is 0 Å².